The summed E-state index contributed by atoms with van der Waals surface area (Å²) < 4.78 is 2.31. The highest BCUT2D eigenvalue weighted by Gasteiger charge is 2.29. The number of hydrogen-bond donors (Lipinski definition) is 2. The van der Waals surface area contributed by atoms with Crippen LogP contribution >= 0.6 is 0 Å². The Balaban J connectivity index is 2.35. The van der Waals surface area contributed by atoms with E-state index in [1.54, 1.807) is 0 Å². The van der Waals surface area contributed by atoms with Crippen molar-refractivity contribution in [2.24, 2.45) is 18.9 Å². The zero-order valence-corrected chi connectivity index (χ0v) is 15.1. The normalized spacial score (nSPS) is 24.1. The first-order chi connectivity index (χ1) is 11.3. The van der Waals surface area contributed by atoms with Crippen molar-refractivity contribution in [3.8, 4) is 0 Å². The third-order valence-electron chi connectivity index (χ3n) is 4.80. The SMILES string of the molecule is CCCn1c(N)c(C(=O)C[NH+]2C[C@H](C)C[C@H](C)C2)c(=O)n(C)c1=O. The lowest BCUT2D eigenvalue weighted by Crippen LogP contribution is -3.15. The Morgan fingerprint density at radius 2 is 1.83 bits per heavy atom. The second-order valence-electron chi connectivity index (χ2n) is 7.26. The average molecular weight is 337 g/mol. The van der Waals surface area contributed by atoms with E-state index in [4.69, 9.17) is 5.73 Å². The molecule has 0 bridgehead atoms. The van der Waals surface area contributed by atoms with Gasteiger partial charge in [-0.05, 0) is 12.8 Å². The van der Waals surface area contributed by atoms with Gasteiger partial charge in [-0.3, -0.25) is 18.7 Å². The summed E-state index contributed by atoms with van der Waals surface area (Å²) in [5, 5.41) is 0. The van der Waals surface area contributed by atoms with Crippen molar-refractivity contribution in [3.05, 3.63) is 26.4 Å². The molecule has 24 heavy (non-hydrogen) atoms. The maximum atomic E-state index is 12.8. The Kier molecular flexibility index (Phi) is 5.64. The van der Waals surface area contributed by atoms with E-state index >= 15 is 0 Å². The number of ketones is 1. The van der Waals surface area contributed by atoms with Gasteiger partial charge in [0.05, 0.1) is 13.1 Å². The summed E-state index contributed by atoms with van der Waals surface area (Å²) in [5.74, 6) is 0.859. The number of Topliss-reactive ketones (excluding diaryl/α,β-unsaturated/α-hetero) is 1. The number of rotatable bonds is 5. The van der Waals surface area contributed by atoms with Gasteiger partial charge in [0, 0.05) is 25.4 Å². The van der Waals surface area contributed by atoms with Crippen molar-refractivity contribution in [3.63, 3.8) is 0 Å². The van der Waals surface area contributed by atoms with Crippen molar-refractivity contribution >= 4 is 11.6 Å². The number of likely N-dealkylation sites (tertiary alicyclic amines) is 1. The molecule has 1 unspecified atom stereocenters. The van der Waals surface area contributed by atoms with E-state index in [-0.39, 0.29) is 23.7 Å². The maximum Gasteiger partial charge on any atom is 0.332 e. The van der Waals surface area contributed by atoms with Crippen LogP contribution in [-0.4, -0.2) is 34.6 Å². The molecule has 1 aromatic rings. The first kappa shape index (κ1) is 18.4. The van der Waals surface area contributed by atoms with Crippen LogP contribution in [0.15, 0.2) is 9.59 Å². The average Bonchev–Trinajstić information content (AvgIpc) is 2.48. The van der Waals surface area contributed by atoms with Gasteiger partial charge < -0.3 is 10.6 Å². The van der Waals surface area contributed by atoms with E-state index in [0.29, 0.717) is 24.8 Å². The van der Waals surface area contributed by atoms with Crippen molar-refractivity contribution in [2.75, 3.05) is 25.4 Å². The Hall–Kier alpha value is -1.89. The van der Waals surface area contributed by atoms with Crippen LogP contribution < -0.4 is 21.9 Å². The molecule has 1 fully saturated rings. The fourth-order valence-corrected chi connectivity index (χ4v) is 3.87. The number of aromatic nitrogens is 2. The maximum absolute atomic E-state index is 12.8. The van der Waals surface area contributed by atoms with Gasteiger partial charge in [-0.25, -0.2) is 4.79 Å². The molecule has 0 radical (unpaired) electrons. The topological polar surface area (TPSA) is 91.5 Å². The fourth-order valence-electron chi connectivity index (χ4n) is 3.87. The van der Waals surface area contributed by atoms with Crippen LogP contribution in [0.1, 0.15) is 44.0 Å². The van der Waals surface area contributed by atoms with Gasteiger partial charge in [0.2, 0.25) is 5.78 Å². The number of nitrogens with two attached hydrogens (primary N) is 1. The largest absolute Gasteiger partial charge is 0.384 e. The first-order valence-electron chi connectivity index (χ1n) is 8.72. The van der Waals surface area contributed by atoms with Gasteiger partial charge in [-0.2, -0.15) is 0 Å². The van der Waals surface area contributed by atoms with Crippen LogP contribution in [0.2, 0.25) is 0 Å². The lowest BCUT2D eigenvalue weighted by Gasteiger charge is -2.31. The van der Waals surface area contributed by atoms with Crippen LogP contribution in [-0.2, 0) is 13.6 Å². The number of carbonyl (C=O) groups is 1. The van der Waals surface area contributed by atoms with E-state index in [1.807, 2.05) is 6.92 Å². The van der Waals surface area contributed by atoms with Gasteiger partial charge in [0.25, 0.3) is 5.56 Å². The Labute approximate surface area is 142 Å². The second kappa shape index (κ2) is 7.34. The molecular weight excluding hydrogens is 308 g/mol. The van der Waals surface area contributed by atoms with Gasteiger partial charge in [0.1, 0.15) is 17.9 Å². The van der Waals surface area contributed by atoms with Crippen LogP contribution in [0.25, 0.3) is 0 Å². The summed E-state index contributed by atoms with van der Waals surface area (Å²) in [4.78, 5) is 38.5. The van der Waals surface area contributed by atoms with Gasteiger partial charge in [-0.15, -0.1) is 0 Å². The molecule has 134 valence electrons. The summed E-state index contributed by atoms with van der Waals surface area (Å²) >= 11 is 0. The van der Waals surface area contributed by atoms with Crippen LogP contribution in [0.5, 0.6) is 0 Å². The fraction of sp³-hybridized carbons (Fsp3) is 0.706. The predicted molar refractivity (Wildman–Crippen MR) is 93.5 cm³/mol. The molecule has 0 aliphatic carbocycles. The van der Waals surface area contributed by atoms with E-state index in [9.17, 15) is 14.4 Å². The monoisotopic (exact) mass is 337 g/mol. The Morgan fingerprint density at radius 1 is 1.25 bits per heavy atom. The molecule has 1 aliphatic heterocycles. The first-order valence-corrected chi connectivity index (χ1v) is 8.72. The quantitative estimate of drug-likeness (QED) is 0.694. The third kappa shape index (κ3) is 3.61. The highest BCUT2D eigenvalue weighted by molar-refractivity contribution is 6.00. The molecule has 0 saturated carbocycles. The number of nitrogens with one attached hydrogen (secondary N) is 1. The molecule has 2 heterocycles. The molecule has 2 rings (SSSR count). The molecule has 7 heteroatoms. The minimum absolute atomic E-state index is 0.00690. The van der Waals surface area contributed by atoms with E-state index in [2.05, 4.69) is 13.8 Å². The lowest BCUT2D eigenvalue weighted by molar-refractivity contribution is -0.903. The lowest BCUT2D eigenvalue weighted by atomic mass is 9.91. The summed E-state index contributed by atoms with van der Waals surface area (Å²) in [6, 6.07) is 0. The minimum atomic E-state index is -0.590. The third-order valence-corrected chi connectivity index (χ3v) is 4.80. The molecule has 0 amide bonds. The highest BCUT2D eigenvalue weighted by Crippen LogP contribution is 2.12. The van der Waals surface area contributed by atoms with Crippen molar-refractivity contribution in [1.82, 2.24) is 9.13 Å². The number of nitrogens with zero attached hydrogens (tertiary/aromatic N) is 2. The van der Waals surface area contributed by atoms with Gasteiger partial charge in [-0.1, -0.05) is 20.8 Å². The van der Waals surface area contributed by atoms with Crippen molar-refractivity contribution in [1.29, 1.82) is 0 Å². The Morgan fingerprint density at radius 3 is 2.38 bits per heavy atom. The van der Waals surface area contributed by atoms with Crippen LogP contribution in [0, 0.1) is 11.8 Å². The number of anilines is 1. The van der Waals surface area contributed by atoms with Gasteiger partial charge >= 0.3 is 5.69 Å². The molecule has 3 N–H and O–H groups in total. The highest BCUT2D eigenvalue weighted by atomic mass is 16.2. The molecule has 1 aromatic heterocycles. The van der Waals surface area contributed by atoms with E-state index in [1.165, 1.54) is 22.9 Å². The minimum Gasteiger partial charge on any atom is -0.384 e. The number of carbonyl (C=O) groups excluding carboxylic acids is 1. The van der Waals surface area contributed by atoms with Crippen LogP contribution in [0.3, 0.4) is 0 Å². The van der Waals surface area contributed by atoms with E-state index in [0.717, 1.165) is 17.7 Å². The summed E-state index contributed by atoms with van der Waals surface area (Å²) in [6.45, 7) is 8.78. The van der Waals surface area contributed by atoms with Crippen molar-refractivity contribution < 1.29 is 9.69 Å². The molecule has 3 atom stereocenters. The number of quaternary nitrogens is 1. The number of piperidine rings is 1. The second-order valence-corrected chi connectivity index (χ2v) is 7.26. The number of nitrogen functional groups attached to an aromatic ring is 1. The zero-order valence-electron chi connectivity index (χ0n) is 15.1. The summed E-state index contributed by atoms with van der Waals surface area (Å²) in [6.07, 6.45) is 1.87. The van der Waals surface area contributed by atoms with Crippen molar-refractivity contribution in [2.45, 2.75) is 40.2 Å². The molecule has 0 aromatic carbocycles. The van der Waals surface area contributed by atoms with Crippen LogP contribution in [0.4, 0.5) is 5.82 Å². The number of hydrogen-bond acceptors (Lipinski definition) is 4. The smallest absolute Gasteiger partial charge is 0.332 e. The molecule has 0 spiro atoms. The molecular formula is C17H29N4O3+. The van der Waals surface area contributed by atoms with Gasteiger partial charge in [0.15, 0.2) is 0 Å². The summed E-state index contributed by atoms with van der Waals surface area (Å²) in [5.41, 5.74) is 4.92. The predicted octanol–water partition coefficient (Wildman–Crippen LogP) is -0.717. The zero-order chi connectivity index (χ0) is 18.0. The molecule has 1 aliphatic rings. The molecule has 1 saturated heterocycles. The molecule has 7 nitrogen and oxygen atoms in total. The Bertz CT molecular complexity index is 725. The standard InChI is InChI=1S/C17H28N4O3/c1-5-6-21-15(18)14(16(23)19(4)17(21)24)13(22)10-20-8-11(2)7-12(3)9-20/h11-12H,5-10,18H2,1-4H3/p+1/t11-,12+. The summed E-state index contributed by atoms with van der Waals surface area (Å²) in [7, 11) is 1.39. The van der Waals surface area contributed by atoms with E-state index < -0.39 is 11.2 Å².